The average molecular weight is 511 g/mol. The highest BCUT2D eigenvalue weighted by Crippen LogP contribution is 2.55. The number of rotatable bonds is 5. The van der Waals surface area contributed by atoms with Gasteiger partial charge in [0.2, 0.25) is 5.82 Å². The molecule has 4 rings (SSSR count). The third kappa shape index (κ3) is 4.49. The molecular formula is C24H22F5N3O4. The van der Waals surface area contributed by atoms with Crippen LogP contribution >= 0.6 is 0 Å². The largest absolute Gasteiger partial charge is 0.487 e. The highest BCUT2D eigenvalue weighted by molar-refractivity contribution is 5.95. The summed E-state index contributed by atoms with van der Waals surface area (Å²) in [6, 6.07) is 4.93. The Labute approximate surface area is 202 Å². The second kappa shape index (κ2) is 9.29. The lowest BCUT2D eigenvalue weighted by Gasteiger charge is -2.34. The fourth-order valence-corrected chi connectivity index (χ4v) is 4.54. The molecule has 4 atom stereocenters. The highest BCUT2D eigenvalue weighted by Gasteiger charge is 2.66. The van der Waals surface area contributed by atoms with Crippen molar-refractivity contribution in [2.75, 3.05) is 5.32 Å². The number of alkyl halides is 3. The van der Waals surface area contributed by atoms with Gasteiger partial charge in [0.05, 0.1) is 23.6 Å². The van der Waals surface area contributed by atoms with Crippen LogP contribution in [0.5, 0.6) is 5.75 Å². The Morgan fingerprint density at radius 1 is 1.31 bits per heavy atom. The molecule has 2 N–H and O–H groups in total. The van der Waals surface area contributed by atoms with Gasteiger partial charge in [-0.05, 0) is 19.1 Å². The van der Waals surface area contributed by atoms with Crippen LogP contribution in [0, 0.1) is 28.9 Å². The molecule has 1 aliphatic carbocycles. The van der Waals surface area contributed by atoms with Gasteiger partial charge in [0.1, 0.15) is 18.3 Å². The van der Waals surface area contributed by atoms with Gasteiger partial charge in [0.15, 0.2) is 17.2 Å². The van der Waals surface area contributed by atoms with Crippen LogP contribution in [0.1, 0.15) is 43.7 Å². The van der Waals surface area contributed by atoms with Crippen LogP contribution < -0.4 is 10.1 Å². The van der Waals surface area contributed by atoms with Crippen molar-refractivity contribution in [2.24, 2.45) is 5.92 Å². The summed E-state index contributed by atoms with van der Waals surface area (Å²) in [7, 11) is 0. The predicted molar refractivity (Wildman–Crippen MR) is 115 cm³/mol. The molecule has 1 aliphatic heterocycles. The van der Waals surface area contributed by atoms with E-state index in [-0.39, 0.29) is 29.7 Å². The zero-order chi connectivity index (χ0) is 26.4. The number of anilines is 1. The minimum absolute atomic E-state index is 0.0416. The number of aromatic nitrogens is 1. The Morgan fingerprint density at radius 3 is 2.61 bits per heavy atom. The molecule has 2 fully saturated rings. The lowest BCUT2D eigenvalue weighted by molar-refractivity contribution is -0.272. The Morgan fingerprint density at radius 2 is 2.00 bits per heavy atom. The van der Waals surface area contributed by atoms with E-state index in [0.717, 1.165) is 19.1 Å². The maximum atomic E-state index is 14.9. The molecule has 12 heteroatoms. The zero-order valence-corrected chi connectivity index (χ0v) is 19.1. The first kappa shape index (κ1) is 25.8. The van der Waals surface area contributed by atoms with Crippen LogP contribution in [-0.2, 0) is 9.53 Å². The molecule has 192 valence electrons. The van der Waals surface area contributed by atoms with Crippen molar-refractivity contribution in [3.05, 3.63) is 53.4 Å². The summed E-state index contributed by atoms with van der Waals surface area (Å²) in [5.41, 5.74) is -2.83. The second-order valence-electron chi connectivity index (χ2n) is 9.17. The van der Waals surface area contributed by atoms with Gasteiger partial charge in [0.25, 0.3) is 5.91 Å². The van der Waals surface area contributed by atoms with E-state index in [1.54, 1.807) is 0 Å². The van der Waals surface area contributed by atoms with Crippen molar-refractivity contribution in [3.8, 4) is 11.8 Å². The molecule has 0 spiro atoms. The third-order valence-corrected chi connectivity index (χ3v) is 6.86. The number of nitriles is 1. The van der Waals surface area contributed by atoms with Crippen LogP contribution in [0.3, 0.4) is 0 Å². The number of halogens is 5. The number of carbonyl (C=O) groups is 1. The topological polar surface area (TPSA) is 104 Å². The number of amides is 1. The first-order valence-electron chi connectivity index (χ1n) is 11.1. The Hall–Kier alpha value is -3.30. The van der Waals surface area contributed by atoms with Gasteiger partial charge in [-0.2, -0.15) is 22.8 Å². The van der Waals surface area contributed by atoms with Crippen molar-refractivity contribution >= 4 is 11.6 Å². The number of aliphatic hydroxyl groups excluding tert-OH is 1. The summed E-state index contributed by atoms with van der Waals surface area (Å²) in [6.07, 6.45) is -5.34. The fourth-order valence-electron chi connectivity index (χ4n) is 4.54. The standard InChI is InChI=1S/C24H22F5N3O4/c1-11-18(16-3-4-17(25)19(26)20(16)35-15-6-14(33)7-15)21(36-23(11,2)24(27,28)29)22(34)32-13-5-12(8-30)9-31-10-13/h3-5,9-11,14-15,18,21,33H,6-7H2,1-2H3,(H,32,34)/t11-,14?,15?,18-,21+,23+/m0/s1. The SMILES string of the molecule is C[C@H]1[C@@H](c2ccc(F)c(F)c2OC2CC(O)C2)[C@H](C(=O)Nc2cncc(C#N)c2)O[C@@]1(C)C(F)(F)F. The van der Waals surface area contributed by atoms with Crippen LogP contribution in [0.2, 0.25) is 0 Å². The normalized spacial score (nSPS) is 29.8. The lowest BCUT2D eigenvalue weighted by Crippen LogP contribution is -2.47. The molecule has 1 aromatic heterocycles. The molecule has 36 heavy (non-hydrogen) atoms. The van der Waals surface area contributed by atoms with Crippen molar-refractivity contribution in [3.63, 3.8) is 0 Å². The van der Waals surface area contributed by atoms with E-state index in [1.807, 2.05) is 6.07 Å². The minimum atomic E-state index is -4.90. The molecule has 2 aliphatic rings. The maximum Gasteiger partial charge on any atom is 0.417 e. The number of hydrogen-bond donors (Lipinski definition) is 2. The van der Waals surface area contributed by atoms with Crippen molar-refractivity contribution < 1.29 is 41.3 Å². The van der Waals surface area contributed by atoms with E-state index in [4.69, 9.17) is 14.7 Å². The third-order valence-electron chi connectivity index (χ3n) is 6.86. The van der Waals surface area contributed by atoms with E-state index in [9.17, 15) is 31.9 Å². The summed E-state index contributed by atoms with van der Waals surface area (Å²) < 4.78 is 82.2. The van der Waals surface area contributed by atoms with Gasteiger partial charge in [0, 0.05) is 36.4 Å². The van der Waals surface area contributed by atoms with E-state index in [1.165, 1.54) is 25.4 Å². The van der Waals surface area contributed by atoms with Gasteiger partial charge >= 0.3 is 6.18 Å². The number of nitrogens with one attached hydrogen (secondary N) is 1. The minimum Gasteiger partial charge on any atom is -0.487 e. The zero-order valence-electron chi connectivity index (χ0n) is 19.1. The van der Waals surface area contributed by atoms with E-state index in [0.29, 0.717) is 0 Å². The molecule has 2 aromatic rings. The summed E-state index contributed by atoms with van der Waals surface area (Å²) in [4.78, 5) is 17.0. The first-order chi connectivity index (χ1) is 16.9. The number of ether oxygens (including phenoxy) is 2. The summed E-state index contributed by atoms with van der Waals surface area (Å²) in [5.74, 6) is -7.11. The predicted octanol–water partition coefficient (Wildman–Crippen LogP) is 4.21. The van der Waals surface area contributed by atoms with Gasteiger partial charge in [-0.25, -0.2) is 4.39 Å². The number of nitrogens with zero attached hydrogens (tertiary/aromatic N) is 2. The van der Waals surface area contributed by atoms with Crippen LogP contribution in [0.4, 0.5) is 27.6 Å². The van der Waals surface area contributed by atoms with Gasteiger partial charge in [-0.3, -0.25) is 9.78 Å². The Bertz CT molecular complexity index is 1210. The second-order valence-corrected chi connectivity index (χ2v) is 9.17. The maximum absolute atomic E-state index is 14.9. The molecule has 0 bridgehead atoms. The summed E-state index contributed by atoms with van der Waals surface area (Å²) in [5, 5.41) is 21.0. The monoisotopic (exact) mass is 511 g/mol. The van der Waals surface area contributed by atoms with Crippen molar-refractivity contribution in [2.45, 2.75) is 62.7 Å². The molecule has 7 nitrogen and oxygen atoms in total. The van der Waals surface area contributed by atoms with E-state index in [2.05, 4.69) is 10.3 Å². The number of benzene rings is 1. The molecule has 0 radical (unpaired) electrons. The van der Waals surface area contributed by atoms with Gasteiger partial charge in [-0.1, -0.05) is 13.0 Å². The lowest BCUT2D eigenvalue weighted by atomic mass is 9.76. The number of aliphatic hydroxyl groups is 1. The average Bonchev–Trinajstić information content (AvgIpc) is 3.08. The van der Waals surface area contributed by atoms with Crippen LogP contribution in [0.25, 0.3) is 0 Å². The fraction of sp³-hybridized carbons (Fsp3) is 0.458. The molecule has 1 aromatic carbocycles. The van der Waals surface area contributed by atoms with E-state index >= 15 is 0 Å². The molecular weight excluding hydrogens is 489 g/mol. The van der Waals surface area contributed by atoms with Crippen molar-refractivity contribution in [1.82, 2.24) is 4.98 Å². The van der Waals surface area contributed by atoms with Crippen LogP contribution in [0.15, 0.2) is 30.6 Å². The quantitative estimate of drug-likeness (QED) is 0.583. The molecule has 1 saturated carbocycles. The molecule has 1 amide bonds. The highest BCUT2D eigenvalue weighted by atomic mass is 19.4. The van der Waals surface area contributed by atoms with Gasteiger partial charge < -0.3 is 19.9 Å². The first-order valence-corrected chi connectivity index (χ1v) is 11.1. The Kier molecular flexibility index (Phi) is 6.66. The van der Waals surface area contributed by atoms with Crippen LogP contribution in [-0.4, -0.2) is 46.1 Å². The summed E-state index contributed by atoms with van der Waals surface area (Å²) in [6.45, 7) is 2.00. The molecule has 1 saturated heterocycles. The number of pyridine rings is 1. The smallest absolute Gasteiger partial charge is 0.417 e. The molecule has 2 heterocycles. The number of hydrogen-bond acceptors (Lipinski definition) is 6. The van der Waals surface area contributed by atoms with E-state index < -0.39 is 65.2 Å². The Balaban J connectivity index is 1.76. The molecule has 0 unspecified atom stereocenters. The van der Waals surface area contributed by atoms with Gasteiger partial charge in [-0.15, -0.1) is 0 Å². The number of carbonyl (C=O) groups excluding carboxylic acids is 1. The summed E-state index contributed by atoms with van der Waals surface area (Å²) >= 11 is 0. The van der Waals surface area contributed by atoms with Crippen molar-refractivity contribution in [1.29, 1.82) is 5.26 Å².